The van der Waals surface area contributed by atoms with E-state index in [-0.39, 0.29) is 5.91 Å². The van der Waals surface area contributed by atoms with Crippen molar-refractivity contribution in [3.63, 3.8) is 0 Å². The number of anilines is 1. The maximum Gasteiger partial charge on any atom is 0.227 e. The van der Waals surface area contributed by atoms with Crippen molar-refractivity contribution >= 4 is 22.9 Å². The molecule has 0 saturated carbocycles. The molecule has 0 aliphatic carbocycles. The lowest BCUT2D eigenvalue weighted by molar-refractivity contribution is -0.116. The standard InChI is InChI=1S/C20H23N3O2/c1-3-13-23-18-10-5-4-9-17(18)21-20(23)22-19(24)12-11-15-7-6-8-16(14-15)25-2/h4-10,14H,3,11-13H2,1-2H3,(H,21,22,24). The molecule has 0 aliphatic rings. The van der Waals surface area contributed by atoms with E-state index in [2.05, 4.69) is 21.8 Å². The molecule has 3 aromatic rings. The molecule has 0 bridgehead atoms. The third kappa shape index (κ3) is 3.99. The van der Waals surface area contributed by atoms with E-state index in [1.807, 2.05) is 48.5 Å². The lowest BCUT2D eigenvalue weighted by Gasteiger charge is -2.09. The summed E-state index contributed by atoms with van der Waals surface area (Å²) < 4.78 is 7.29. The summed E-state index contributed by atoms with van der Waals surface area (Å²) >= 11 is 0. The fraction of sp³-hybridized carbons (Fsp3) is 0.300. The summed E-state index contributed by atoms with van der Waals surface area (Å²) in [5, 5.41) is 2.97. The third-order valence-electron chi connectivity index (χ3n) is 4.13. The summed E-state index contributed by atoms with van der Waals surface area (Å²) in [4.78, 5) is 16.9. The number of methoxy groups -OCH3 is 1. The van der Waals surface area contributed by atoms with E-state index in [0.29, 0.717) is 18.8 Å². The van der Waals surface area contributed by atoms with E-state index in [1.54, 1.807) is 7.11 Å². The number of nitrogens with zero attached hydrogens (tertiary/aromatic N) is 2. The van der Waals surface area contributed by atoms with Gasteiger partial charge in [0.15, 0.2) is 0 Å². The predicted octanol–water partition coefficient (Wildman–Crippen LogP) is 4.03. The molecule has 5 nitrogen and oxygen atoms in total. The van der Waals surface area contributed by atoms with Crippen LogP contribution in [0.3, 0.4) is 0 Å². The number of aryl methyl sites for hydroxylation is 2. The number of hydrogen-bond donors (Lipinski definition) is 1. The quantitative estimate of drug-likeness (QED) is 0.708. The van der Waals surface area contributed by atoms with E-state index in [9.17, 15) is 4.79 Å². The molecule has 0 saturated heterocycles. The normalized spacial score (nSPS) is 10.8. The number of aromatic nitrogens is 2. The van der Waals surface area contributed by atoms with Crippen LogP contribution in [0.2, 0.25) is 0 Å². The van der Waals surface area contributed by atoms with Gasteiger partial charge in [-0.15, -0.1) is 0 Å². The molecule has 25 heavy (non-hydrogen) atoms. The van der Waals surface area contributed by atoms with Gasteiger partial charge in [0.25, 0.3) is 0 Å². The van der Waals surface area contributed by atoms with Crippen LogP contribution in [0.1, 0.15) is 25.3 Å². The van der Waals surface area contributed by atoms with Gasteiger partial charge in [0.05, 0.1) is 18.1 Å². The van der Waals surface area contributed by atoms with Crippen molar-refractivity contribution in [2.24, 2.45) is 0 Å². The minimum atomic E-state index is -0.0320. The van der Waals surface area contributed by atoms with Gasteiger partial charge in [-0.1, -0.05) is 31.2 Å². The van der Waals surface area contributed by atoms with Crippen LogP contribution in [-0.2, 0) is 17.8 Å². The highest BCUT2D eigenvalue weighted by atomic mass is 16.5. The van der Waals surface area contributed by atoms with Gasteiger partial charge in [0, 0.05) is 13.0 Å². The Balaban J connectivity index is 1.70. The maximum atomic E-state index is 12.4. The first kappa shape index (κ1) is 17.0. The van der Waals surface area contributed by atoms with Crippen LogP contribution in [0.25, 0.3) is 11.0 Å². The number of amides is 1. The number of carbonyl (C=O) groups is 1. The second-order valence-corrected chi connectivity index (χ2v) is 5.98. The van der Waals surface area contributed by atoms with E-state index in [4.69, 9.17) is 4.74 Å². The molecule has 0 unspecified atom stereocenters. The number of ether oxygens (including phenoxy) is 1. The van der Waals surface area contributed by atoms with Crippen molar-refractivity contribution in [2.45, 2.75) is 32.7 Å². The molecule has 1 aromatic heterocycles. The Kier molecular flexibility index (Phi) is 5.33. The van der Waals surface area contributed by atoms with Gasteiger partial charge in [-0.05, 0) is 42.7 Å². The average Bonchev–Trinajstić information content (AvgIpc) is 2.98. The molecule has 3 rings (SSSR count). The SMILES string of the molecule is CCCn1c(NC(=O)CCc2cccc(OC)c2)nc2ccccc21. The number of nitrogens with one attached hydrogen (secondary N) is 1. The number of fused-ring (bicyclic) bond motifs is 1. The Bertz CT molecular complexity index is 870. The molecular formula is C20H23N3O2. The minimum Gasteiger partial charge on any atom is -0.497 e. The first-order valence-electron chi connectivity index (χ1n) is 8.59. The molecule has 0 atom stereocenters. The van der Waals surface area contributed by atoms with E-state index in [1.165, 1.54) is 0 Å². The molecule has 0 radical (unpaired) electrons. The molecule has 0 aliphatic heterocycles. The fourth-order valence-electron chi connectivity index (χ4n) is 2.89. The largest absolute Gasteiger partial charge is 0.497 e. The predicted molar refractivity (Wildman–Crippen MR) is 100.0 cm³/mol. The first-order valence-corrected chi connectivity index (χ1v) is 8.59. The van der Waals surface area contributed by atoms with Gasteiger partial charge in [0.2, 0.25) is 11.9 Å². The number of carbonyl (C=O) groups excluding carboxylic acids is 1. The summed E-state index contributed by atoms with van der Waals surface area (Å²) in [5.41, 5.74) is 3.03. The monoisotopic (exact) mass is 337 g/mol. The van der Waals surface area contributed by atoms with Crippen LogP contribution in [0.15, 0.2) is 48.5 Å². The number of imidazole rings is 1. The van der Waals surface area contributed by atoms with Crippen LogP contribution >= 0.6 is 0 Å². The number of para-hydroxylation sites is 2. The third-order valence-corrected chi connectivity index (χ3v) is 4.13. The number of rotatable bonds is 7. The Morgan fingerprint density at radius 1 is 1.20 bits per heavy atom. The highest BCUT2D eigenvalue weighted by Crippen LogP contribution is 2.20. The number of hydrogen-bond acceptors (Lipinski definition) is 3. The lowest BCUT2D eigenvalue weighted by atomic mass is 10.1. The van der Waals surface area contributed by atoms with Gasteiger partial charge < -0.3 is 9.30 Å². The molecule has 1 amide bonds. The second-order valence-electron chi connectivity index (χ2n) is 5.98. The van der Waals surface area contributed by atoms with Crippen LogP contribution in [-0.4, -0.2) is 22.6 Å². The molecule has 2 aromatic carbocycles. The van der Waals surface area contributed by atoms with Crippen molar-refractivity contribution in [3.8, 4) is 5.75 Å². The highest BCUT2D eigenvalue weighted by molar-refractivity contribution is 5.91. The Labute approximate surface area is 147 Å². The summed E-state index contributed by atoms with van der Waals surface area (Å²) in [7, 11) is 1.64. The van der Waals surface area contributed by atoms with Crippen LogP contribution in [0.5, 0.6) is 5.75 Å². The van der Waals surface area contributed by atoms with Gasteiger partial charge in [-0.25, -0.2) is 4.98 Å². The fourth-order valence-corrected chi connectivity index (χ4v) is 2.89. The molecule has 130 valence electrons. The molecule has 1 N–H and O–H groups in total. The van der Waals surface area contributed by atoms with Crippen molar-refractivity contribution in [1.29, 1.82) is 0 Å². The van der Waals surface area contributed by atoms with Crippen molar-refractivity contribution < 1.29 is 9.53 Å². The van der Waals surface area contributed by atoms with Crippen molar-refractivity contribution in [1.82, 2.24) is 9.55 Å². The zero-order chi connectivity index (χ0) is 17.6. The lowest BCUT2D eigenvalue weighted by Crippen LogP contribution is -2.16. The topological polar surface area (TPSA) is 56.2 Å². The van der Waals surface area contributed by atoms with Crippen LogP contribution in [0.4, 0.5) is 5.95 Å². The maximum absolute atomic E-state index is 12.4. The molecule has 0 spiro atoms. The first-order chi connectivity index (χ1) is 12.2. The zero-order valence-electron chi connectivity index (χ0n) is 14.7. The average molecular weight is 337 g/mol. The summed E-state index contributed by atoms with van der Waals surface area (Å²) in [5.74, 6) is 1.40. The van der Waals surface area contributed by atoms with Crippen LogP contribution in [0, 0.1) is 0 Å². The van der Waals surface area contributed by atoms with E-state index in [0.717, 1.165) is 35.3 Å². The zero-order valence-corrected chi connectivity index (χ0v) is 14.7. The molecule has 5 heteroatoms. The van der Waals surface area contributed by atoms with Gasteiger partial charge in [-0.3, -0.25) is 10.1 Å². The second kappa shape index (κ2) is 7.83. The Morgan fingerprint density at radius 3 is 2.84 bits per heavy atom. The molecular weight excluding hydrogens is 314 g/mol. The smallest absolute Gasteiger partial charge is 0.227 e. The summed E-state index contributed by atoms with van der Waals surface area (Å²) in [6.45, 7) is 2.94. The number of benzene rings is 2. The summed E-state index contributed by atoms with van der Waals surface area (Å²) in [6, 6.07) is 15.7. The summed E-state index contributed by atoms with van der Waals surface area (Å²) in [6.07, 6.45) is 2.05. The van der Waals surface area contributed by atoms with Gasteiger partial charge in [0.1, 0.15) is 5.75 Å². The Morgan fingerprint density at radius 2 is 2.04 bits per heavy atom. The minimum absolute atomic E-state index is 0.0320. The highest BCUT2D eigenvalue weighted by Gasteiger charge is 2.12. The molecule has 1 heterocycles. The van der Waals surface area contributed by atoms with E-state index < -0.39 is 0 Å². The van der Waals surface area contributed by atoms with Crippen molar-refractivity contribution in [3.05, 3.63) is 54.1 Å². The van der Waals surface area contributed by atoms with Gasteiger partial charge in [-0.2, -0.15) is 0 Å². The van der Waals surface area contributed by atoms with E-state index >= 15 is 0 Å². The van der Waals surface area contributed by atoms with Gasteiger partial charge >= 0.3 is 0 Å². The Hall–Kier alpha value is -2.82. The van der Waals surface area contributed by atoms with Crippen molar-refractivity contribution in [2.75, 3.05) is 12.4 Å². The van der Waals surface area contributed by atoms with Crippen LogP contribution < -0.4 is 10.1 Å². The molecule has 0 fully saturated rings.